The average Bonchev–Trinajstić information content (AvgIpc) is 3.09. The number of piperidine rings is 2. The number of ether oxygens (including phenoxy) is 1. The maximum absolute atomic E-state index is 13.2. The Hall–Kier alpha value is -1.60. The molecule has 7 heteroatoms. The average molecular weight is 425 g/mol. The summed E-state index contributed by atoms with van der Waals surface area (Å²) in [5.41, 5.74) is -0.244. The van der Waals surface area contributed by atoms with Crippen LogP contribution in [0.3, 0.4) is 0 Å². The quantitative estimate of drug-likeness (QED) is 0.712. The van der Waals surface area contributed by atoms with Crippen LogP contribution in [-0.2, 0) is 22.3 Å². The molecule has 0 aliphatic carbocycles. The maximum atomic E-state index is 13.2. The van der Waals surface area contributed by atoms with Gasteiger partial charge < -0.3 is 9.64 Å². The van der Waals surface area contributed by atoms with E-state index in [2.05, 4.69) is 30.6 Å². The third-order valence-electron chi connectivity index (χ3n) is 7.25. The van der Waals surface area contributed by atoms with Crippen LogP contribution in [0.25, 0.3) is 0 Å². The Kier molecular flexibility index (Phi) is 5.64. The Bertz CT molecular complexity index is 780. The second-order valence-electron chi connectivity index (χ2n) is 9.39. The summed E-state index contributed by atoms with van der Waals surface area (Å²) in [6.07, 6.45) is -1.91. The first-order chi connectivity index (χ1) is 14.2. The van der Waals surface area contributed by atoms with E-state index >= 15 is 0 Å². The van der Waals surface area contributed by atoms with E-state index in [0.717, 1.165) is 50.0 Å². The normalized spacial score (nSPS) is 32.4. The molecule has 0 radical (unpaired) electrons. The molecule has 4 rings (SSSR count). The van der Waals surface area contributed by atoms with Crippen molar-refractivity contribution >= 4 is 5.91 Å². The Morgan fingerprint density at radius 3 is 2.53 bits per heavy atom. The van der Waals surface area contributed by atoms with Gasteiger partial charge in [-0.05, 0) is 36.5 Å². The molecule has 3 aliphatic heterocycles. The van der Waals surface area contributed by atoms with Crippen LogP contribution in [0.2, 0.25) is 0 Å². The van der Waals surface area contributed by atoms with Crippen LogP contribution in [-0.4, -0.2) is 47.2 Å². The number of alkyl halides is 3. The van der Waals surface area contributed by atoms with Gasteiger partial charge >= 0.3 is 6.18 Å². The van der Waals surface area contributed by atoms with Crippen LogP contribution < -0.4 is 0 Å². The zero-order valence-electron chi connectivity index (χ0n) is 17.9. The minimum atomic E-state index is -4.31. The number of likely N-dealkylation sites (tertiary alicyclic amines) is 1. The van der Waals surface area contributed by atoms with Gasteiger partial charge in [0.25, 0.3) is 0 Å². The molecule has 3 aliphatic rings. The molecular formula is C23H31F3N2O2. The summed E-state index contributed by atoms with van der Waals surface area (Å²) in [6.45, 7) is 9.13. The minimum absolute atomic E-state index is 0.0251. The molecule has 0 unspecified atom stereocenters. The summed E-state index contributed by atoms with van der Waals surface area (Å²) in [5, 5.41) is 0. The third-order valence-corrected chi connectivity index (χ3v) is 7.25. The van der Waals surface area contributed by atoms with E-state index in [-0.39, 0.29) is 23.8 Å². The lowest BCUT2D eigenvalue weighted by Gasteiger charge is -2.55. The Labute approximate surface area is 176 Å². The molecule has 1 amide bonds. The van der Waals surface area contributed by atoms with Crippen molar-refractivity contribution in [2.24, 2.45) is 17.8 Å². The van der Waals surface area contributed by atoms with Gasteiger partial charge in [-0.15, -0.1) is 0 Å². The largest absolute Gasteiger partial charge is 0.416 e. The fourth-order valence-electron chi connectivity index (χ4n) is 5.51. The zero-order chi connectivity index (χ0) is 21.7. The van der Waals surface area contributed by atoms with E-state index in [1.807, 2.05) is 0 Å². The van der Waals surface area contributed by atoms with Crippen LogP contribution >= 0.6 is 0 Å². The van der Waals surface area contributed by atoms with E-state index in [1.165, 1.54) is 0 Å². The molecule has 166 valence electrons. The van der Waals surface area contributed by atoms with Gasteiger partial charge in [0.2, 0.25) is 5.91 Å². The van der Waals surface area contributed by atoms with E-state index < -0.39 is 17.5 Å². The second kappa shape index (κ2) is 7.83. The van der Waals surface area contributed by atoms with Crippen LogP contribution in [0.4, 0.5) is 13.2 Å². The number of carbonyl (C=O) groups excluding carboxylic acids is 1. The van der Waals surface area contributed by atoms with E-state index in [1.54, 1.807) is 12.1 Å². The van der Waals surface area contributed by atoms with Crippen molar-refractivity contribution in [2.45, 2.75) is 64.5 Å². The Morgan fingerprint density at radius 1 is 1.23 bits per heavy atom. The van der Waals surface area contributed by atoms with Crippen molar-refractivity contribution in [2.75, 3.05) is 19.7 Å². The standard InChI is InChI=1S/C23H31F3N2O2/c1-4-17-11-19-13-27(12-16-5-7-18(8-6-16)23(24,25)26)10-9-22(19)28(21(17)29)20(14-30-22)15(2)3/h5-8,15,17,19-20H,4,9-14H2,1-3H3/t17-,19-,20-,22-/m1/s1. The van der Waals surface area contributed by atoms with Gasteiger partial charge in [-0.3, -0.25) is 9.69 Å². The van der Waals surface area contributed by atoms with Crippen molar-refractivity contribution in [3.8, 4) is 0 Å². The fraction of sp³-hybridized carbons (Fsp3) is 0.696. The van der Waals surface area contributed by atoms with Crippen molar-refractivity contribution < 1.29 is 22.7 Å². The molecule has 0 N–H and O–H groups in total. The van der Waals surface area contributed by atoms with Gasteiger partial charge in [0.15, 0.2) is 0 Å². The highest BCUT2D eigenvalue weighted by molar-refractivity contribution is 5.81. The number of nitrogens with zero attached hydrogens (tertiary/aromatic N) is 2. The predicted molar refractivity (Wildman–Crippen MR) is 107 cm³/mol. The van der Waals surface area contributed by atoms with Gasteiger partial charge in [0.05, 0.1) is 18.2 Å². The maximum Gasteiger partial charge on any atom is 0.416 e. The molecule has 3 heterocycles. The summed E-state index contributed by atoms with van der Waals surface area (Å²) < 4.78 is 44.9. The monoisotopic (exact) mass is 424 g/mol. The van der Waals surface area contributed by atoms with Crippen molar-refractivity contribution in [1.82, 2.24) is 9.80 Å². The lowest BCUT2D eigenvalue weighted by Crippen LogP contribution is -2.66. The highest BCUT2D eigenvalue weighted by atomic mass is 19.4. The molecule has 0 bridgehead atoms. The van der Waals surface area contributed by atoms with Gasteiger partial charge in [-0.25, -0.2) is 0 Å². The fourth-order valence-corrected chi connectivity index (χ4v) is 5.51. The van der Waals surface area contributed by atoms with Crippen LogP contribution in [0.5, 0.6) is 0 Å². The van der Waals surface area contributed by atoms with Crippen LogP contribution in [0, 0.1) is 17.8 Å². The van der Waals surface area contributed by atoms with Crippen molar-refractivity contribution in [3.63, 3.8) is 0 Å². The summed E-state index contributed by atoms with van der Waals surface area (Å²) in [6, 6.07) is 5.57. The summed E-state index contributed by atoms with van der Waals surface area (Å²) in [7, 11) is 0. The van der Waals surface area contributed by atoms with Crippen molar-refractivity contribution in [1.29, 1.82) is 0 Å². The molecule has 4 atom stereocenters. The summed E-state index contributed by atoms with van der Waals surface area (Å²) >= 11 is 0. The van der Waals surface area contributed by atoms with E-state index in [9.17, 15) is 18.0 Å². The number of amides is 1. The molecule has 0 saturated carbocycles. The highest BCUT2D eigenvalue weighted by Gasteiger charge is 2.60. The number of rotatable bonds is 4. The summed E-state index contributed by atoms with van der Waals surface area (Å²) in [5.74, 6) is 0.833. The molecule has 1 spiro atoms. The van der Waals surface area contributed by atoms with Crippen molar-refractivity contribution in [3.05, 3.63) is 35.4 Å². The topological polar surface area (TPSA) is 32.8 Å². The molecule has 4 nitrogen and oxygen atoms in total. The first-order valence-electron chi connectivity index (χ1n) is 11.0. The zero-order valence-corrected chi connectivity index (χ0v) is 17.9. The van der Waals surface area contributed by atoms with Gasteiger partial charge in [0.1, 0.15) is 5.72 Å². The molecule has 30 heavy (non-hydrogen) atoms. The molecule has 1 aromatic rings. The number of hydrogen-bond donors (Lipinski definition) is 0. The molecule has 3 fully saturated rings. The van der Waals surface area contributed by atoms with Crippen LogP contribution in [0.15, 0.2) is 24.3 Å². The van der Waals surface area contributed by atoms with Gasteiger partial charge in [0, 0.05) is 37.9 Å². The lowest BCUT2D eigenvalue weighted by atomic mass is 9.74. The van der Waals surface area contributed by atoms with E-state index in [4.69, 9.17) is 4.74 Å². The Balaban J connectivity index is 1.51. The van der Waals surface area contributed by atoms with Gasteiger partial charge in [-0.1, -0.05) is 32.9 Å². The SMILES string of the molecule is CC[C@@H]1C[C@@H]2CN(Cc3ccc(C(F)(F)F)cc3)CC[C@@]23OC[C@H](C(C)C)N3C1=O. The first kappa shape index (κ1) is 21.6. The molecule has 1 aromatic carbocycles. The lowest BCUT2D eigenvalue weighted by molar-refractivity contribution is -0.201. The molecule has 3 saturated heterocycles. The highest BCUT2D eigenvalue weighted by Crippen LogP contribution is 2.49. The minimum Gasteiger partial charge on any atom is -0.353 e. The second-order valence-corrected chi connectivity index (χ2v) is 9.39. The Morgan fingerprint density at radius 2 is 1.93 bits per heavy atom. The number of hydrogen-bond acceptors (Lipinski definition) is 3. The molecule has 0 aromatic heterocycles. The molecular weight excluding hydrogens is 393 g/mol. The number of benzene rings is 1. The van der Waals surface area contributed by atoms with E-state index in [0.29, 0.717) is 19.1 Å². The predicted octanol–water partition coefficient (Wildman–Crippen LogP) is 4.54. The van der Waals surface area contributed by atoms with Crippen LogP contribution in [0.1, 0.15) is 51.2 Å². The van der Waals surface area contributed by atoms with Gasteiger partial charge in [-0.2, -0.15) is 13.2 Å². The third kappa shape index (κ3) is 3.64. The number of halogens is 3. The summed E-state index contributed by atoms with van der Waals surface area (Å²) in [4.78, 5) is 17.6. The smallest absolute Gasteiger partial charge is 0.353 e. The number of carbonyl (C=O) groups is 1. The first-order valence-corrected chi connectivity index (χ1v) is 11.0.